The van der Waals surface area contributed by atoms with E-state index in [1.54, 1.807) is 0 Å². The molecule has 3 rings (SSSR count). The molecule has 7 nitrogen and oxygen atoms in total. The molecule has 0 spiro atoms. The zero-order valence-corrected chi connectivity index (χ0v) is 17.8. The molecule has 0 atom stereocenters. The van der Waals surface area contributed by atoms with Crippen molar-refractivity contribution >= 4 is 44.7 Å². The number of carbonyl (C=O) groups is 1. The lowest BCUT2D eigenvalue weighted by Gasteiger charge is -2.07. The molecule has 29 heavy (non-hydrogen) atoms. The van der Waals surface area contributed by atoms with Crippen LogP contribution in [-0.2, 0) is 11.3 Å². The second kappa shape index (κ2) is 8.86. The fraction of sp³-hybridized carbons (Fsp3) is 0.300. The lowest BCUT2D eigenvalue weighted by atomic mass is 10.1. The highest BCUT2D eigenvalue weighted by Gasteiger charge is 2.16. The van der Waals surface area contributed by atoms with Crippen molar-refractivity contribution in [1.82, 2.24) is 4.57 Å². The minimum Gasteiger partial charge on any atom is -0.380 e. The monoisotopic (exact) mass is 433 g/mol. The summed E-state index contributed by atoms with van der Waals surface area (Å²) in [4.78, 5) is 28.0. The number of fused-ring (bicyclic) bond motifs is 1. The number of ether oxygens (including phenoxy) is 1. The summed E-state index contributed by atoms with van der Waals surface area (Å²) in [6.45, 7) is 7.59. The lowest BCUT2D eigenvalue weighted by molar-refractivity contribution is -0.384. The van der Waals surface area contributed by atoms with Crippen LogP contribution in [0.5, 0.6) is 0 Å². The lowest BCUT2D eigenvalue weighted by Crippen LogP contribution is -2.20. The topological polar surface area (TPSA) is 86.7 Å². The van der Waals surface area contributed by atoms with Crippen LogP contribution in [0.2, 0.25) is 5.02 Å². The minimum atomic E-state index is -0.621. The van der Waals surface area contributed by atoms with E-state index in [0.717, 1.165) is 27.4 Å². The molecule has 1 aromatic heterocycles. The first-order chi connectivity index (χ1) is 13.8. The average Bonchev–Trinajstić information content (AvgIpc) is 2.98. The molecule has 2 aromatic carbocycles. The molecule has 0 aliphatic carbocycles. The Morgan fingerprint density at radius 2 is 2.00 bits per heavy atom. The van der Waals surface area contributed by atoms with Crippen molar-refractivity contribution in [3.8, 4) is 0 Å². The van der Waals surface area contributed by atoms with Gasteiger partial charge in [-0.15, -0.1) is 0 Å². The molecule has 0 saturated carbocycles. The van der Waals surface area contributed by atoms with Gasteiger partial charge in [0.2, 0.25) is 0 Å². The number of nitro groups is 1. The first-order valence-corrected chi connectivity index (χ1v) is 10.2. The molecule has 1 heterocycles. The zero-order valence-electron chi connectivity index (χ0n) is 16.3. The molecule has 0 saturated heterocycles. The van der Waals surface area contributed by atoms with E-state index in [9.17, 15) is 14.9 Å². The van der Waals surface area contributed by atoms with Crippen LogP contribution in [0.3, 0.4) is 0 Å². The molecule has 1 amide bonds. The van der Waals surface area contributed by atoms with Crippen molar-refractivity contribution in [2.75, 3.05) is 13.2 Å². The van der Waals surface area contributed by atoms with Crippen LogP contribution in [0.1, 0.15) is 28.4 Å². The van der Waals surface area contributed by atoms with Gasteiger partial charge in [0, 0.05) is 25.3 Å². The Morgan fingerprint density at radius 1 is 1.28 bits per heavy atom. The van der Waals surface area contributed by atoms with Crippen molar-refractivity contribution < 1.29 is 14.5 Å². The SMILES string of the molecule is CCOCCn1c(=NC(=O)c2cc([N+](=O)[O-])ccc2Cl)sc2cc(C)c(C)cc21. The van der Waals surface area contributed by atoms with Gasteiger partial charge < -0.3 is 9.30 Å². The minimum absolute atomic E-state index is 0.00189. The third kappa shape index (κ3) is 4.55. The number of aryl methyl sites for hydroxylation is 2. The van der Waals surface area contributed by atoms with E-state index in [4.69, 9.17) is 16.3 Å². The van der Waals surface area contributed by atoms with E-state index in [2.05, 4.69) is 17.1 Å². The van der Waals surface area contributed by atoms with Crippen LogP contribution in [0.15, 0.2) is 35.3 Å². The first kappa shape index (κ1) is 21.2. The number of aromatic nitrogens is 1. The highest BCUT2D eigenvalue weighted by atomic mass is 35.5. The quantitative estimate of drug-likeness (QED) is 0.321. The second-order valence-corrected chi connectivity index (χ2v) is 7.89. The summed E-state index contributed by atoms with van der Waals surface area (Å²) >= 11 is 7.48. The number of hydrogen-bond donors (Lipinski definition) is 0. The number of hydrogen-bond acceptors (Lipinski definition) is 5. The predicted molar refractivity (Wildman–Crippen MR) is 114 cm³/mol. The van der Waals surface area contributed by atoms with Crippen LogP contribution in [0.4, 0.5) is 5.69 Å². The van der Waals surface area contributed by atoms with Gasteiger partial charge in [-0.2, -0.15) is 4.99 Å². The Hall–Kier alpha value is -2.55. The Kier molecular flexibility index (Phi) is 6.46. The maximum atomic E-state index is 12.8. The fourth-order valence-corrected chi connectivity index (χ4v) is 4.19. The number of thiazole rings is 1. The van der Waals surface area contributed by atoms with E-state index >= 15 is 0 Å². The molecule has 9 heteroatoms. The summed E-state index contributed by atoms with van der Waals surface area (Å²) in [7, 11) is 0. The van der Waals surface area contributed by atoms with E-state index in [-0.39, 0.29) is 16.3 Å². The number of nitro benzene ring substituents is 1. The normalized spacial score (nSPS) is 11.9. The standard InChI is InChI=1S/C20H20ClN3O4S/c1-4-28-8-7-23-17-9-12(2)13(3)10-18(17)29-20(23)22-19(25)15-11-14(24(26)27)5-6-16(15)21/h5-6,9-11H,4,7-8H2,1-3H3. The number of rotatable bonds is 6. The van der Waals surface area contributed by atoms with Crippen molar-refractivity contribution in [2.24, 2.45) is 4.99 Å². The van der Waals surface area contributed by atoms with Gasteiger partial charge in [0.1, 0.15) is 0 Å². The molecule has 0 fully saturated rings. The van der Waals surface area contributed by atoms with Gasteiger partial charge in [-0.3, -0.25) is 14.9 Å². The molecule has 0 N–H and O–H groups in total. The number of amides is 1. The molecular weight excluding hydrogens is 414 g/mol. The van der Waals surface area contributed by atoms with Crippen molar-refractivity contribution in [3.63, 3.8) is 0 Å². The Balaban J connectivity index is 2.13. The van der Waals surface area contributed by atoms with Gasteiger partial charge in [-0.1, -0.05) is 22.9 Å². The van der Waals surface area contributed by atoms with Crippen molar-refractivity contribution in [1.29, 1.82) is 0 Å². The number of non-ortho nitro benzene ring substituents is 1. The Bertz CT molecular complexity index is 1170. The molecule has 0 aliphatic heterocycles. The van der Waals surface area contributed by atoms with Crippen LogP contribution >= 0.6 is 22.9 Å². The molecule has 0 unspecified atom stereocenters. The van der Waals surface area contributed by atoms with Crippen LogP contribution < -0.4 is 4.80 Å². The summed E-state index contributed by atoms with van der Waals surface area (Å²) in [5, 5.41) is 11.2. The van der Waals surface area contributed by atoms with E-state index in [0.29, 0.717) is 24.6 Å². The van der Waals surface area contributed by atoms with Crippen LogP contribution in [0.25, 0.3) is 10.2 Å². The van der Waals surface area contributed by atoms with Crippen molar-refractivity contribution in [3.05, 3.63) is 67.0 Å². The van der Waals surface area contributed by atoms with Gasteiger partial charge >= 0.3 is 0 Å². The van der Waals surface area contributed by atoms with Gasteiger partial charge in [-0.25, -0.2) is 0 Å². The molecule has 3 aromatic rings. The predicted octanol–water partition coefficient (Wildman–Crippen LogP) is 4.66. The molecule has 0 radical (unpaired) electrons. The highest BCUT2D eigenvalue weighted by molar-refractivity contribution is 7.16. The average molecular weight is 434 g/mol. The maximum Gasteiger partial charge on any atom is 0.281 e. The first-order valence-electron chi connectivity index (χ1n) is 9.03. The number of benzene rings is 2. The number of nitrogens with zero attached hydrogens (tertiary/aromatic N) is 3. The smallest absolute Gasteiger partial charge is 0.281 e. The Morgan fingerprint density at radius 3 is 2.69 bits per heavy atom. The number of carbonyl (C=O) groups excluding carboxylic acids is 1. The third-order valence-electron chi connectivity index (χ3n) is 4.55. The maximum absolute atomic E-state index is 12.8. The van der Waals surface area contributed by atoms with E-state index in [1.807, 2.05) is 25.3 Å². The van der Waals surface area contributed by atoms with Gasteiger partial charge in [0.25, 0.3) is 11.6 Å². The zero-order chi connectivity index (χ0) is 21.1. The second-order valence-electron chi connectivity index (χ2n) is 6.48. The van der Waals surface area contributed by atoms with Crippen molar-refractivity contribution in [2.45, 2.75) is 27.3 Å². The summed E-state index contributed by atoms with van der Waals surface area (Å²) in [5.41, 5.74) is 3.05. The highest BCUT2D eigenvalue weighted by Crippen LogP contribution is 2.24. The summed E-state index contributed by atoms with van der Waals surface area (Å²) in [5.74, 6) is -0.621. The molecule has 0 bridgehead atoms. The summed E-state index contributed by atoms with van der Waals surface area (Å²) < 4.78 is 8.41. The molecule has 152 valence electrons. The van der Waals surface area contributed by atoms with E-state index in [1.165, 1.54) is 23.5 Å². The van der Waals surface area contributed by atoms with Gasteiger partial charge in [0.05, 0.1) is 32.3 Å². The summed E-state index contributed by atoms with van der Waals surface area (Å²) in [6.07, 6.45) is 0. The van der Waals surface area contributed by atoms with Gasteiger partial charge in [0.15, 0.2) is 4.80 Å². The van der Waals surface area contributed by atoms with E-state index < -0.39 is 10.8 Å². The largest absolute Gasteiger partial charge is 0.380 e. The molecular formula is C20H20ClN3O4S. The summed E-state index contributed by atoms with van der Waals surface area (Å²) in [6, 6.07) is 7.88. The third-order valence-corrected chi connectivity index (χ3v) is 5.92. The van der Waals surface area contributed by atoms with Crippen LogP contribution in [0, 0.1) is 24.0 Å². The van der Waals surface area contributed by atoms with Gasteiger partial charge in [-0.05, 0) is 50.1 Å². The molecule has 0 aliphatic rings. The fourth-order valence-electron chi connectivity index (χ4n) is 2.86. The number of halogens is 1. The Labute approximate surface area is 176 Å². The van der Waals surface area contributed by atoms with Crippen LogP contribution in [-0.4, -0.2) is 28.6 Å².